The van der Waals surface area contributed by atoms with Crippen LogP contribution in [-0.2, 0) is 0 Å². The van der Waals surface area contributed by atoms with Gasteiger partial charge in [-0.3, -0.25) is 4.79 Å². The number of rotatable bonds is 5. The van der Waals surface area contributed by atoms with Crippen molar-refractivity contribution in [1.29, 1.82) is 0 Å². The fourth-order valence-electron chi connectivity index (χ4n) is 1.44. The molecule has 0 fully saturated rings. The van der Waals surface area contributed by atoms with Crippen LogP contribution < -0.4 is 5.32 Å². The highest BCUT2D eigenvalue weighted by molar-refractivity contribution is 5.99. The third-order valence-corrected chi connectivity index (χ3v) is 2.34. The fourth-order valence-corrected chi connectivity index (χ4v) is 1.44. The maximum absolute atomic E-state index is 13.2. The Bertz CT molecular complexity index is 368. The first-order valence-electron chi connectivity index (χ1n) is 5.43. The number of anilines is 1. The molecule has 1 N–H and O–H groups in total. The molecule has 0 atom stereocenters. The van der Waals surface area contributed by atoms with Crippen LogP contribution in [0.5, 0.6) is 0 Å². The molecule has 0 saturated heterocycles. The standard InChI is InChI=1S/C13H18FNO/c1-10(16)11-6-4-5-7-12(11)15-9-8-13(2,3)14/h4-7,15H,8-9H2,1-3H3. The van der Waals surface area contributed by atoms with E-state index in [0.717, 1.165) is 5.69 Å². The Kier molecular flexibility index (Phi) is 4.05. The summed E-state index contributed by atoms with van der Waals surface area (Å²) >= 11 is 0. The molecule has 0 spiro atoms. The van der Waals surface area contributed by atoms with Crippen molar-refractivity contribution in [2.24, 2.45) is 0 Å². The number of benzene rings is 1. The van der Waals surface area contributed by atoms with Crippen molar-refractivity contribution in [3.8, 4) is 0 Å². The second-order valence-corrected chi connectivity index (χ2v) is 4.50. The van der Waals surface area contributed by atoms with Crippen molar-refractivity contribution in [2.45, 2.75) is 32.9 Å². The second kappa shape index (κ2) is 5.10. The van der Waals surface area contributed by atoms with E-state index in [1.807, 2.05) is 18.2 Å². The number of ketones is 1. The zero-order valence-corrected chi connectivity index (χ0v) is 10.0. The van der Waals surface area contributed by atoms with E-state index in [4.69, 9.17) is 0 Å². The molecule has 0 aliphatic carbocycles. The molecule has 2 nitrogen and oxygen atoms in total. The van der Waals surface area contributed by atoms with Crippen molar-refractivity contribution in [2.75, 3.05) is 11.9 Å². The van der Waals surface area contributed by atoms with Crippen molar-refractivity contribution in [1.82, 2.24) is 0 Å². The summed E-state index contributed by atoms with van der Waals surface area (Å²) in [5, 5.41) is 3.09. The summed E-state index contributed by atoms with van der Waals surface area (Å²) in [5.41, 5.74) is 0.247. The van der Waals surface area contributed by atoms with Gasteiger partial charge < -0.3 is 5.32 Å². The predicted octanol–water partition coefficient (Wildman–Crippen LogP) is 3.44. The van der Waals surface area contributed by atoms with Crippen LogP contribution in [-0.4, -0.2) is 18.0 Å². The van der Waals surface area contributed by atoms with E-state index in [-0.39, 0.29) is 5.78 Å². The van der Waals surface area contributed by atoms with Crippen LogP contribution in [0.4, 0.5) is 10.1 Å². The quantitative estimate of drug-likeness (QED) is 0.775. The highest BCUT2D eigenvalue weighted by Gasteiger charge is 2.14. The SMILES string of the molecule is CC(=O)c1ccccc1NCCC(C)(C)F. The van der Waals surface area contributed by atoms with Gasteiger partial charge in [-0.1, -0.05) is 12.1 Å². The van der Waals surface area contributed by atoms with Crippen LogP contribution in [0.15, 0.2) is 24.3 Å². The van der Waals surface area contributed by atoms with E-state index in [2.05, 4.69) is 5.32 Å². The highest BCUT2D eigenvalue weighted by Crippen LogP contribution is 2.18. The van der Waals surface area contributed by atoms with Crippen molar-refractivity contribution < 1.29 is 9.18 Å². The van der Waals surface area contributed by atoms with Gasteiger partial charge in [0.05, 0.1) is 0 Å². The molecule has 0 aliphatic rings. The van der Waals surface area contributed by atoms with Crippen molar-refractivity contribution >= 4 is 11.5 Å². The minimum Gasteiger partial charge on any atom is -0.384 e. The number of Topliss-reactive ketones (excluding diaryl/α,β-unsaturated/α-hetero) is 1. The number of alkyl halides is 1. The minimum absolute atomic E-state index is 0.0163. The Morgan fingerprint density at radius 2 is 2.00 bits per heavy atom. The lowest BCUT2D eigenvalue weighted by molar-refractivity contribution is 0.101. The third-order valence-electron chi connectivity index (χ3n) is 2.34. The molecule has 1 aromatic carbocycles. The Morgan fingerprint density at radius 3 is 2.56 bits per heavy atom. The van der Waals surface area contributed by atoms with Crippen molar-refractivity contribution in [3.05, 3.63) is 29.8 Å². The topological polar surface area (TPSA) is 29.1 Å². The first kappa shape index (κ1) is 12.7. The summed E-state index contributed by atoms with van der Waals surface area (Å²) in [4.78, 5) is 11.3. The molecule has 88 valence electrons. The maximum Gasteiger partial charge on any atom is 0.161 e. The number of carbonyl (C=O) groups excluding carboxylic acids is 1. The molecule has 0 aromatic heterocycles. The minimum atomic E-state index is -1.18. The normalized spacial score (nSPS) is 11.2. The van der Waals surface area contributed by atoms with E-state index >= 15 is 0 Å². The van der Waals surface area contributed by atoms with Gasteiger partial charge in [-0.25, -0.2) is 4.39 Å². The number of hydrogen-bond donors (Lipinski definition) is 1. The largest absolute Gasteiger partial charge is 0.384 e. The molecule has 0 saturated carbocycles. The smallest absolute Gasteiger partial charge is 0.161 e. The summed E-state index contributed by atoms with van der Waals surface area (Å²) in [6.45, 7) is 5.14. The molecule has 1 rings (SSSR count). The first-order chi connectivity index (χ1) is 7.40. The van der Waals surface area contributed by atoms with Gasteiger partial charge in [-0.05, 0) is 39.3 Å². The molecule has 0 radical (unpaired) electrons. The van der Waals surface area contributed by atoms with E-state index in [1.165, 1.54) is 6.92 Å². The van der Waals surface area contributed by atoms with E-state index in [0.29, 0.717) is 18.5 Å². The van der Waals surface area contributed by atoms with Crippen molar-refractivity contribution in [3.63, 3.8) is 0 Å². The first-order valence-corrected chi connectivity index (χ1v) is 5.43. The van der Waals surface area contributed by atoms with Gasteiger partial charge in [0.25, 0.3) is 0 Å². The molecule has 16 heavy (non-hydrogen) atoms. The highest BCUT2D eigenvalue weighted by atomic mass is 19.1. The van der Waals surface area contributed by atoms with Crippen LogP contribution in [0, 0.1) is 0 Å². The fraction of sp³-hybridized carbons (Fsp3) is 0.462. The van der Waals surface area contributed by atoms with Gasteiger partial charge in [-0.2, -0.15) is 0 Å². The lowest BCUT2D eigenvalue weighted by Gasteiger charge is -2.15. The number of halogens is 1. The molecule has 3 heteroatoms. The second-order valence-electron chi connectivity index (χ2n) is 4.50. The van der Waals surface area contributed by atoms with Gasteiger partial charge in [0, 0.05) is 17.8 Å². The summed E-state index contributed by atoms with van der Waals surface area (Å²) in [5.74, 6) is 0.0163. The molecule has 0 heterocycles. The molecule has 0 aliphatic heterocycles. The zero-order chi connectivity index (χ0) is 12.2. The summed E-state index contributed by atoms with van der Waals surface area (Å²) in [7, 11) is 0. The number of para-hydroxylation sites is 1. The van der Waals surface area contributed by atoms with E-state index in [1.54, 1.807) is 19.9 Å². The van der Waals surface area contributed by atoms with Crippen LogP contribution >= 0.6 is 0 Å². The Hall–Kier alpha value is -1.38. The van der Waals surface area contributed by atoms with Gasteiger partial charge in [-0.15, -0.1) is 0 Å². The van der Waals surface area contributed by atoms with Gasteiger partial charge in [0.2, 0.25) is 0 Å². The predicted molar refractivity (Wildman–Crippen MR) is 64.7 cm³/mol. The summed E-state index contributed by atoms with van der Waals surface area (Å²) in [6.07, 6.45) is 0.416. The zero-order valence-electron chi connectivity index (χ0n) is 10.0. The average molecular weight is 223 g/mol. The molecule has 0 bridgehead atoms. The van der Waals surface area contributed by atoms with Gasteiger partial charge >= 0.3 is 0 Å². The Morgan fingerprint density at radius 1 is 1.38 bits per heavy atom. The summed E-state index contributed by atoms with van der Waals surface area (Å²) in [6, 6.07) is 7.28. The van der Waals surface area contributed by atoms with Crippen LogP contribution in [0.2, 0.25) is 0 Å². The third kappa shape index (κ3) is 4.01. The number of hydrogen-bond acceptors (Lipinski definition) is 2. The molecular formula is C13H18FNO. The van der Waals surface area contributed by atoms with E-state index in [9.17, 15) is 9.18 Å². The van der Waals surface area contributed by atoms with Crippen LogP contribution in [0.3, 0.4) is 0 Å². The lowest BCUT2D eigenvalue weighted by atomic mass is 10.1. The molecule has 0 unspecified atom stereocenters. The Labute approximate surface area is 95.9 Å². The van der Waals surface area contributed by atoms with Gasteiger partial charge in [0.1, 0.15) is 5.67 Å². The molecular weight excluding hydrogens is 205 g/mol. The van der Waals surface area contributed by atoms with E-state index < -0.39 is 5.67 Å². The van der Waals surface area contributed by atoms with Crippen LogP contribution in [0.25, 0.3) is 0 Å². The monoisotopic (exact) mass is 223 g/mol. The molecule has 1 aromatic rings. The average Bonchev–Trinajstić information content (AvgIpc) is 2.16. The number of carbonyl (C=O) groups is 1. The number of nitrogens with one attached hydrogen (secondary N) is 1. The lowest BCUT2D eigenvalue weighted by Crippen LogP contribution is -2.18. The van der Waals surface area contributed by atoms with Gasteiger partial charge in [0.15, 0.2) is 5.78 Å². The maximum atomic E-state index is 13.2. The Balaban J connectivity index is 2.64. The van der Waals surface area contributed by atoms with Crippen LogP contribution in [0.1, 0.15) is 37.6 Å². The molecule has 0 amide bonds. The summed E-state index contributed by atoms with van der Waals surface area (Å²) < 4.78 is 13.2.